The van der Waals surface area contributed by atoms with Crippen molar-refractivity contribution in [3.8, 4) is 0 Å². The van der Waals surface area contributed by atoms with Crippen LogP contribution in [0.25, 0.3) is 0 Å². The van der Waals surface area contributed by atoms with Gasteiger partial charge in [0.15, 0.2) is 0 Å². The molecule has 0 aromatic carbocycles. The SMILES string of the molecule is CC1CC(N2CCC(CO)C2)CCO1. The molecule has 2 heterocycles. The van der Waals surface area contributed by atoms with Gasteiger partial charge in [0.05, 0.1) is 6.10 Å². The van der Waals surface area contributed by atoms with Crippen LogP contribution in [0.3, 0.4) is 0 Å². The van der Waals surface area contributed by atoms with Crippen LogP contribution in [0.5, 0.6) is 0 Å². The van der Waals surface area contributed by atoms with Gasteiger partial charge in [-0.2, -0.15) is 0 Å². The number of hydrogen-bond donors (Lipinski definition) is 1. The van der Waals surface area contributed by atoms with Gasteiger partial charge >= 0.3 is 0 Å². The third kappa shape index (κ3) is 2.27. The van der Waals surface area contributed by atoms with E-state index in [9.17, 15) is 0 Å². The zero-order valence-corrected chi connectivity index (χ0v) is 8.98. The second kappa shape index (κ2) is 4.60. The van der Waals surface area contributed by atoms with Crippen molar-refractivity contribution in [2.45, 2.75) is 38.3 Å². The van der Waals surface area contributed by atoms with Gasteiger partial charge in [-0.05, 0) is 38.6 Å². The van der Waals surface area contributed by atoms with E-state index in [-0.39, 0.29) is 0 Å². The minimum atomic E-state index is 0.356. The van der Waals surface area contributed by atoms with Crippen molar-refractivity contribution in [2.75, 3.05) is 26.3 Å². The van der Waals surface area contributed by atoms with E-state index in [1.165, 1.54) is 19.4 Å². The lowest BCUT2D eigenvalue weighted by Gasteiger charge is -2.34. The van der Waals surface area contributed by atoms with E-state index < -0.39 is 0 Å². The van der Waals surface area contributed by atoms with Crippen LogP contribution in [0.15, 0.2) is 0 Å². The molecule has 82 valence electrons. The maximum absolute atomic E-state index is 9.08. The quantitative estimate of drug-likeness (QED) is 0.716. The molecule has 2 fully saturated rings. The van der Waals surface area contributed by atoms with Crippen LogP contribution < -0.4 is 0 Å². The molecule has 3 atom stereocenters. The molecule has 14 heavy (non-hydrogen) atoms. The Morgan fingerprint density at radius 3 is 2.93 bits per heavy atom. The van der Waals surface area contributed by atoms with Crippen molar-refractivity contribution in [3.05, 3.63) is 0 Å². The summed E-state index contributed by atoms with van der Waals surface area (Å²) >= 11 is 0. The topological polar surface area (TPSA) is 32.7 Å². The number of aliphatic hydroxyl groups is 1. The first-order valence-corrected chi connectivity index (χ1v) is 5.76. The molecule has 0 spiro atoms. The number of nitrogens with zero attached hydrogens (tertiary/aromatic N) is 1. The van der Waals surface area contributed by atoms with Gasteiger partial charge in [-0.25, -0.2) is 0 Å². The van der Waals surface area contributed by atoms with Crippen molar-refractivity contribution in [2.24, 2.45) is 5.92 Å². The lowest BCUT2D eigenvalue weighted by atomic mass is 10.0. The van der Waals surface area contributed by atoms with Crippen molar-refractivity contribution in [1.29, 1.82) is 0 Å². The summed E-state index contributed by atoms with van der Waals surface area (Å²) in [4.78, 5) is 2.54. The Hall–Kier alpha value is -0.120. The van der Waals surface area contributed by atoms with Crippen LogP contribution in [-0.4, -0.2) is 48.5 Å². The molecule has 0 bridgehead atoms. The summed E-state index contributed by atoms with van der Waals surface area (Å²) in [7, 11) is 0. The molecule has 2 aliphatic rings. The number of ether oxygens (including phenoxy) is 1. The van der Waals surface area contributed by atoms with E-state index in [1.54, 1.807) is 0 Å². The zero-order valence-electron chi connectivity index (χ0n) is 8.98. The predicted molar refractivity (Wildman–Crippen MR) is 55.2 cm³/mol. The molecule has 0 saturated carbocycles. The van der Waals surface area contributed by atoms with E-state index in [2.05, 4.69) is 11.8 Å². The van der Waals surface area contributed by atoms with E-state index in [4.69, 9.17) is 9.84 Å². The molecule has 3 unspecified atom stereocenters. The number of likely N-dealkylation sites (tertiary alicyclic amines) is 1. The Morgan fingerprint density at radius 2 is 2.29 bits per heavy atom. The molecule has 0 aromatic heterocycles. The summed E-state index contributed by atoms with van der Waals surface area (Å²) in [6, 6.07) is 0.704. The first kappa shape index (κ1) is 10.4. The van der Waals surface area contributed by atoms with Crippen LogP contribution in [0.1, 0.15) is 26.2 Å². The molecule has 0 radical (unpaired) electrons. The lowest BCUT2D eigenvalue weighted by Crippen LogP contribution is -2.40. The summed E-state index contributed by atoms with van der Waals surface area (Å²) in [6.45, 7) is 5.68. The molecule has 2 aliphatic heterocycles. The molecular formula is C11H21NO2. The monoisotopic (exact) mass is 199 g/mol. The van der Waals surface area contributed by atoms with Crippen LogP contribution in [0.2, 0.25) is 0 Å². The second-order valence-electron chi connectivity index (χ2n) is 4.69. The second-order valence-corrected chi connectivity index (χ2v) is 4.69. The van der Waals surface area contributed by atoms with Crippen LogP contribution in [0, 0.1) is 5.92 Å². The van der Waals surface area contributed by atoms with Crippen molar-refractivity contribution < 1.29 is 9.84 Å². The molecular weight excluding hydrogens is 178 g/mol. The highest BCUT2D eigenvalue weighted by Crippen LogP contribution is 2.25. The van der Waals surface area contributed by atoms with E-state index in [0.29, 0.717) is 24.7 Å². The molecule has 2 saturated heterocycles. The summed E-state index contributed by atoms with van der Waals surface area (Å²) in [5.41, 5.74) is 0. The summed E-state index contributed by atoms with van der Waals surface area (Å²) in [5.74, 6) is 0.521. The Kier molecular flexibility index (Phi) is 3.42. The highest BCUT2D eigenvalue weighted by molar-refractivity contribution is 4.84. The Balaban J connectivity index is 1.83. The molecule has 1 N–H and O–H groups in total. The summed E-state index contributed by atoms with van der Waals surface area (Å²) < 4.78 is 5.54. The van der Waals surface area contributed by atoms with Gasteiger partial charge in [0.25, 0.3) is 0 Å². The highest BCUT2D eigenvalue weighted by Gasteiger charge is 2.30. The van der Waals surface area contributed by atoms with Gasteiger partial charge in [-0.3, -0.25) is 4.90 Å². The molecule has 2 rings (SSSR count). The minimum absolute atomic E-state index is 0.356. The van der Waals surface area contributed by atoms with Gasteiger partial charge in [0.1, 0.15) is 0 Å². The van der Waals surface area contributed by atoms with E-state index >= 15 is 0 Å². The Bertz CT molecular complexity index is 186. The first-order chi connectivity index (χ1) is 6.79. The van der Waals surface area contributed by atoms with Gasteiger partial charge in [0, 0.05) is 25.8 Å². The lowest BCUT2D eigenvalue weighted by molar-refractivity contribution is -0.0133. The Labute approximate surface area is 86.0 Å². The molecule has 0 amide bonds. The maximum Gasteiger partial charge on any atom is 0.0561 e. The number of aliphatic hydroxyl groups excluding tert-OH is 1. The van der Waals surface area contributed by atoms with Crippen molar-refractivity contribution in [3.63, 3.8) is 0 Å². The Morgan fingerprint density at radius 1 is 1.43 bits per heavy atom. The fourth-order valence-electron chi connectivity index (χ4n) is 2.65. The first-order valence-electron chi connectivity index (χ1n) is 5.76. The van der Waals surface area contributed by atoms with Crippen molar-refractivity contribution in [1.82, 2.24) is 4.90 Å². The third-order valence-electron chi connectivity index (χ3n) is 3.55. The standard InChI is InChI=1S/C11H21NO2/c1-9-6-11(3-5-14-9)12-4-2-10(7-12)8-13/h9-11,13H,2-8H2,1H3. The average molecular weight is 199 g/mol. The van der Waals surface area contributed by atoms with Crippen LogP contribution in [0.4, 0.5) is 0 Å². The largest absolute Gasteiger partial charge is 0.396 e. The minimum Gasteiger partial charge on any atom is -0.396 e. The van der Waals surface area contributed by atoms with Gasteiger partial charge in [-0.1, -0.05) is 0 Å². The molecule has 3 nitrogen and oxygen atoms in total. The van der Waals surface area contributed by atoms with Crippen LogP contribution in [-0.2, 0) is 4.74 Å². The fourth-order valence-corrected chi connectivity index (χ4v) is 2.65. The molecule has 0 aromatic rings. The third-order valence-corrected chi connectivity index (χ3v) is 3.55. The summed E-state index contributed by atoms with van der Waals surface area (Å²) in [5, 5.41) is 9.08. The molecule has 3 heteroatoms. The molecule has 0 aliphatic carbocycles. The summed E-state index contributed by atoms with van der Waals surface area (Å²) in [6.07, 6.45) is 3.92. The average Bonchev–Trinajstić information content (AvgIpc) is 2.66. The van der Waals surface area contributed by atoms with E-state index in [0.717, 1.165) is 19.6 Å². The fraction of sp³-hybridized carbons (Fsp3) is 1.00. The predicted octanol–water partition coefficient (Wildman–Crippen LogP) is 0.868. The van der Waals surface area contributed by atoms with Gasteiger partial charge in [-0.15, -0.1) is 0 Å². The normalized spacial score (nSPS) is 40.3. The highest BCUT2D eigenvalue weighted by atomic mass is 16.5. The maximum atomic E-state index is 9.08. The number of rotatable bonds is 2. The zero-order chi connectivity index (χ0) is 9.97. The van der Waals surface area contributed by atoms with E-state index in [1.807, 2.05) is 0 Å². The van der Waals surface area contributed by atoms with Gasteiger partial charge < -0.3 is 9.84 Å². The van der Waals surface area contributed by atoms with Crippen LogP contribution >= 0.6 is 0 Å². The number of hydrogen-bond acceptors (Lipinski definition) is 3. The van der Waals surface area contributed by atoms with Crippen molar-refractivity contribution >= 4 is 0 Å². The van der Waals surface area contributed by atoms with Gasteiger partial charge in [0.2, 0.25) is 0 Å². The smallest absolute Gasteiger partial charge is 0.0561 e.